The minimum absolute atomic E-state index is 0.717. The summed E-state index contributed by atoms with van der Waals surface area (Å²) in [5.74, 6) is 4.45. The Morgan fingerprint density at radius 2 is 2.04 bits per heavy atom. The Bertz CT molecular complexity index is 740. The minimum atomic E-state index is 0.717. The molecule has 2 heterocycles. The fraction of sp³-hybridized carbons (Fsp3) is 0.571. The second-order valence-electron chi connectivity index (χ2n) is 7.78. The second-order valence-corrected chi connectivity index (χ2v) is 7.78. The van der Waals surface area contributed by atoms with Gasteiger partial charge in [-0.3, -0.25) is 9.56 Å². The van der Waals surface area contributed by atoms with Gasteiger partial charge in [0.05, 0.1) is 0 Å². The maximum Gasteiger partial charge on any atom is 0.193 e. The molecule has 0 saturated heterocycles. The second kappa shape index (κ2) is 9.02. The summed E-state index contributed by atoms with van der Waals surface area (Å²) in [6, 6.07) is 4.13. The first kappa shape index (κ1) is 19.4. The molecule has 2 aromatic rings. The molecule has 0 aromatic carbocycles. The van der Waals surface area contributed by atoms with E-state index in [4.69, 9.17) is 0 Å². The molecule has 6 nitrogen and oxygen atoms in total. The third kappa shape index (κ3) is 5.08. The van der Waals surface area contributed by atoms with Crippen molar-refractivity contribution >= 4 is 5.96 Å². The number of imidazole rings is 1. The highest BCUT2D eigenvalue weighted by Gasteiger charge is 2.20. The molecule has 0 radical (unpaired) electrons. The van der Waals surface area contributed by atoms with E-state index in [0.717, 1.165) is 48.1 Å². The number of guanidine groups is 1. The average molecular weight is 369 g/mol. The molecule has 1 N–H and O–H groups in total. The third-order valence-corrected chi connectivity index (χ3v) is 5.57. The highest BCUT2D eigenvalue weighted by molar-refractivity contribution is 5.79. The van der Waals surface area contributed by atoms with E-state index in [1.54, 1.807) is 6.20 Å². The van der Waals surface area contributed by atoms with Crippen molar-refractivity contribution in [3.8, 4) is 5.82 Å². The summed E-state index contributed by atoms with van der Waals surface area (Å²) in [4.78, 5) is 15.5. The number of aliphatic imine (C=N–C) groups is 1. The van der Waals surface area contributed by atoms with E-state index in [9.17, 15) is 0 Å². The summed E-state index contributed by atoms with van der Waals surface area (Å²) in [7, 11) is 3.99. The Morgan fingerprint density at radius 3 is 2.63 bits per heavy atom. The molecule has 0 aliphatic heterocycles. The molecule has 0 unspecified atom stereocenters. The fourth-order valence-corrected chi connectivity index (χ4v) is 3.84. The van der Waals surface area contributed by atoms with Gasteiger partial charge in [0.1, 0.15) is 11.6 Å². The zero-order chi connectivity index (χ0) is 19.2. The normalized spacial score (nSPS) is 20.5. The van der Waals surface area contributed by atoms with Crippen LogP contribution in [0.4, 0.5) is 0 Å². The van der Waals surface area contributed by atoms with Crippen LogP contribution in [0.5, 0.6) is 0 Å². The molecule has 3 rings (SSSR count). The number of hydrogen-bond donors (Lipinski definition) is 1. The van der Waals surface area contributed by atoms with Gasteiger partial charge in [0.25, 0.3) is 0 Å². The molecule has 0 bridgehead atoms. The molecule has 0 spiro atoms. The summed E-state index contributed by atoms with van der Waals surface area (Å²) < 4.78 is 1.98. The maximum absolute atomic E-state index is 4.56. The Morgan fingerprint density at radius 1 is 1.26 bits per heavy atom. The summed E-state index contributed by atoms with van der Waals surface area (Å²) >= 11 is 0. The number of rotatable bonds is 5. The lowest BCUT2D eigenvalue weighted by Crippen LogP contribution is -2.41. The molecule has 0 atom stereocenters. The van der Waals surface area contributed by atoms with Crippen molar-refractivity contribution in [3.63, 3.8) is 0 Å². The average Bonchev–Trinajstić information content (AvgIpc) is 3.10. The molecule has 1 aliphatic rings. The fourth-order valence-electron chi connectivity index (χ4n) is 3.84. The summed E-state index contributed by atoms with van der Waals surface area (Å²) in [6.45, 7) is 6.14. The molecule has 6 heteroatoms. The summed E-state index contributed by atoms with van der Waals surface area (Å²) in [5.41, 5.74) is 1.14. The number of nitrogens with one attached hydrogen (secondary N) is 1. The van der Waals surface area contributed by atoms with Crippen LogP contribution in [0.15, 0.2) is 35.7 Å². The van der Waals surface area contributed by atoms with E-state index >= 15 is 0 Å². The lowest BCUT2D eigenvalue weighted by molar-refractivity contribution is 0.250. The summed E-state index contributed by atoms with van der Waals surface area (Å²) in [6.07, 6.45) is 11.0. The first-order valence-corrected chi connectivity index (χ1v) is 9.94. The van der Waals surface area contributed by atoms with Crippen molar-refractivity contribution in [2.24, 2.45) is 16.8 Å². The smallest absolute Gasteiger partial charge is 0.193 e. The monoisotopic (exact) mass is 368 g/mol. The van der Waals surface area contributed by atoms with Gasteiger partial charge in [0.2, 0.25) is 0 Å². The van der Waals surface area contributed by atoms with Gasteiger partial charge in [-0.2, -0.15) is 0 Å². The lowest BCUT2D eigenvalue weighted by atomic mass is 9.83. The Hall–Kier alpha value is -2.37. The molecular formula is C21H32N6. The van der Waals surface area contributed by atoms with Crippen LogP contribution in [-0.2, 0) is 6.54 Å². The van der Waals surface area contributed by atoms with Crippen molar-refractivity contribution in [2.75, 3.05) is 20.6 Å². The maximum atomic E-state index is 4.56. The highest BCUT2D eigenvalue weighted by Crippen LogP contribution is 2.28. The van der Waals surface area contributed by atoms with Gasteiger partial charge in [-0.05, 0) is 43.2 Å². The Kier molecular flexibility index (Phi) is 6.48. The van der Waals surface area contributed by atoms with Gasteiger partial charge in [-0.1, -0.05) is 25.8 Å². The molecule has 1 fully saturated rings. The number of hydrogen-bond acceptors (Lipinski definition) is 3. The SMILES string of the molecule is CN=C(NCc1ccc(-n2ccnc2C)nc1)N(C)CC1CCC(C)CC1. The van der Waals surface area contributed by atoms with Crippen LogP contribution in [-0.4, -0.2) is 46.0 Å². The van der Waals surface area contributed by atoms with Crippen molar-refractivity contribution in [3.05, 3.63) is 42.1 Å². The van der Waals surface area contributed by atoms with E-state index in [2.05, 4.69) is 45.2 Å². The topological polar surface area (TPSA) is 58.3 Å². The van der Waals surface area contributed by atoms with Crippen molar-refractivity contribution < 1.29 is 0 Å². The summed E-state index contributed by atoms with van der Waals surface area (Å²) in [5, 5.41) is 3.47. The van der Waals surface area contributed by atoms with Crippen LogP contribution >= 0.6 is 0 Å². The minimum Gasteiger partial charge on any atom is -0.352 e. The first-order valence-electron chi connectivity index (χ1n) is 9.94. The Labute approximate surface area is 162 Å². The van der Waals surface area contributed by atoms with Gasteiger partial charge < -0.3 is 10.2 Å². The first-order chi connectivity index (χ1) is 13.1. The predicted molar refractivity (Wildman–Crippen MR) is 110 cm³/mol. The van der Waals surface area contributed by atoms with Gasteiger partial charge in [0.15, 0.2) is 5.96 Å². The van der Waals surface area contributed by atoms with Crippen molar-refractivity contribution in [2.45, 2.75) is 46.1 Å². The van der Waals surface area contributed by atoms with Crippen LogP contribution in [0.3, 0.4) is 0 Å². The number of nitrogens with zero attached hydrogens (tertiary/aromatic N) is 5. The molecule has 1 aliphatic carbocycles. The van der Waals surface area contributed by atoms with Gasteiger partial charge >= 0.3 is 0 Å². The van der Waals surface area contributed by atoms with Gasteiger partial charge in [-0.25, -0.2) is 9.97 Å². The van der Waals surface area contributed by atoms with Crippen LogP contribution in [0.1, 0.15) is 44.0 Å². The molecule has 2 aromatic heterocycles. The quantitative estimate of drug-likeness (QED) is 0.649. The lowest BCUT2D eigenvalue weighted by Gasteiger charge is -2.31. The van der Waals surface area contributed by atoms with Gasteiger partial charge in [-0.15, -0.1) is 0 Å². The van der Waals surface area contributed by atoms with Crippen molar-refractivity contribution in [1.29, 1.82) is 0 Å². The molecule has 0 amide bonds. The number of aromatic nitrogens is 3. The molecule has 27 heavy (non-hydrogen) atoms. The molecular weight excluding hydrogens is 336 g/mol. The van der Waals surface area contributed by atoms with E-state index in [0.29, 0.717) is 0 Å². The van der Waals surface area contributed by atoms with Crippen LogP contribution in [0.25, 0.3) is 5.82 Å². The van der Waals surface area contributed by atoms with E-state index < -0.39 is 0 Å². The van der Waals surface area contributed by atoms with Gasteiger partial charge in [0, 0.05) is 45.8 Å². The highest BCUT2D eigenvalue weighted by atomic mass is 15.3. The third-order valence-electron chi connectivity index (χ3n) is 5.57. The largest absolute Gasteiger partial charge is 0.352 e. The zero-order valence-electron chi connectivity index (χ0n) is 17.0. The molecule has 1 saturated carbocycles. The van der Waals surface area contributed by atoms with E-state index in [-0.39, 0.29) is 0 Å². The van der Waals surface area contributed by atoms with Crippen LogP contribution < -0.4 is 5.32 Å². The predicted octanol–water partition coefficient (Wildman–Crippen LogP) is 3.41. The van der Waals surface area contributed by atoms with E-state index in [1.807, 2.05) is 37.0 Å². The standard InChI is InChI=1S/C21H32N6/c1-16-5-7-18(8-6-16)15-26(4)21(22-3)25-14-19-9-10-20(24-13-19)27-12-11-23-17(27)2/h9-13,16,18H,5-8,14-15H2,1-4H3,(H,22,25). The van der Waals surface area contributed by atoms with Crippen LogP contribution in [0.2, 0.25) is 0 Å². The Balaban J connectivity index is 1.52. The number of pyridine rings is 1. The molecule has 146 valence electrons. The van der Waals surface area contributed by atoms with Crippen molar-refractivity contribution in [1.82, 2.24) is 24.8 Å². The van der Waals surface area contributed by atoms with Crippen LogP contribution in [0, 0.1) is 18.8 Å². The zero-order valence-corrected chi connectivity index (χ0v) is 17.0. The number of aryl methyl sites for hydroxylation is 1. The van der Waals surface area contributed by atoms with E-state index in [1.165, 1.54) is 25.7 Å².